The van der Waals surface area contributed by atoms with E-state index in [-0.39, 0.29) is 23.6 Å². The van der Waals surface area contributed by atoms with Crippen molar-refractivity contribution >= 4 is 23.6 Å². The highest BCUT2D eigenvalue weighted by Crippen LogP contribution is 2.42. The van der Waals surface area contributed by atoms with Gasteiger partial charge >= 0.3 is 5.97 Å². The van der Waals surface area contributed by atoms with E-state index in [0.29, 0.717) is 23.1 Å². The molecular weight excluding hydrogens is 554 g/mol. The van der Waals surface area contributed by atoms with E-state index in [0.717, 1.165) is 10.6 Å². The van der Waals surface area contributed by atoms with Crippen LogP contribution in [0.25, 0.3) is 6.08 Å². The smallest absolute Gasteiger partial charge is 0.327 e. The molecule has 0 spiro atoms. The monoisotopic (exact) mass is 583 g/mol. The number of H-pyrrole nitrogens is 1. The van der Waals surface area contributed by atoms with Gasteiger partial charge < -0.3 is 50.2 Å². The van der Waals surface area contributed by atoms with Crippen molar-refractivity contribution in [3.05, 3.63) is 71.3 Å². The average Bonchev–Trinajstić information content (AvgIpc) is 3.61. The molecule has 3 aromatic rings. The summed E-state index contributed by atoms with van der Waals surface area (Å²) in [5, 5.41) is 70.4. The Labute approximate surface area is 238 Å². The van der Waals surface area contributed by atoms with Crippen molar-refractivity contribution in [1.82, 2.24) is 9.97 Å². The maximum absolute atomic E-state index is 13.4. The second kappa shape index (κ2) is 11.8. The second-order valence-corrected chi connectivity index (χ2v) is 10.0. The number of nitrogens with zero attached hydrogens (tertiary/aromatic N) is 2. The van der Waals surface area contributed by atoms with Gasteiger partial charge in [-0.25, -0.2) is 9.78 Å². The van der Waals surface area contributed by atoms with Crippen LogP contribution >= 0.6 is 0 Å². The number of rotatable bonds is 8. The summed E-state index contributed by atoms with van der Waals surface area (Å²) in [6.45, 7) is -0.693. The number of fused-ring (bicyclic) bond motifs is 1. The molecule has 2 aliphatic heterocycles. The third-order valence-electron chi connectivity index (χ3n) is 7.22. The molecule has 14 nitrogen and oxygen atoms in total. The number of carbonyl (C=O) groups excluding carboxylic acids is 1. The van der Waals surface area contributed by atoms with Crippen molar-refractivity contribution in [3.8, 4) is 17.2 Å². The number of carboxylic acids is 1. The number of aromatic amines is 1. The molecule has 222 valence electrons. The Morgan fingerprint density at radius 3 is 2.57 bits per heavy atom. The highest BCUT2D eigenvalue weighted by Gasteiger charge is 2.45. The minimum atomic E-state index is -1.76. The lowest BCUT2D eigenvalue weighted by molar-refractivity contribution is -0.277. The summed E-state index contributed by atoms with van der Waals surface area (Å²) < 4.78 is 10.9. The van der Waals surface area contributed by atoms with Gasteiger partial charge in [0.05, 0.1) is 18.6 Å². The van der Waals surface area contributed by atoms with Crippen molar-refractivity contribution in [1.29, 1.82) is 0 Å². The van der Waals surface area contributed by atoms with Gasteiger partial charge in [0.25, 0.3) is 5.91 Å². The summed E-state index contributed by atoms with van der Waals surface area (Å²) in [5.41, 5.74) is 2.38. The highest BCUT2D eigenvalue weighted by molar-refractivity contribution is 6.09. The van der Waals surface area contributed by atoms with E-state index in [2.05, 4.69) is 9.97 Å². The van der Waals surface area contributed by atoms with Crippen molar-refractivity contribution < 1.29 is 54.8 Å². The summed E-state index contributed by atoms with van der Waals surface area (Å²) in [6, 6.07) is 5.89. The van der Waals surface area contributed by atoms with Crippen molar-refractivity contribution in [2.24, 2.45) is 0 Å². The highest BCUT2D eigenvalue weighted by atomic mass is 16.7. The predicted molar refractivity (Wildman–Crippen MR) is 144 cm³/mol. The number of aromatic hydroxyl groups is 2. The Balaban J connectivity index is 1.40. The minimum absolute atomic E-state index is 0.0548. The first-order valence-electron chi connectivity index (χ1n) is 12.9. The van der Waals surface area contributed by atoms with E-state index < -0.39 is 61.0 Å². The van der Waals surface area contributed by atoms with Crippen LogP contribution in [0.4, 0.5) is 5.69 Å². The van der Waals surface area contributed by atoms with Crippen molar-refractivity contribution in [2.45, 2.75) is 49.6 Å². The third-order valence-corrected chi connectivity index (χ3v) is 7.22. The normalized spacial score (nSPS) is 25.5. The quantitative estimate of drug-likeness (QED) is 0.159. The van der Waals surface area contributed by atoms with Crippen molar-refractivity contribution in [2.75, 3.05) is 11.5 Å². The van der Waals surface area contributed by atoms with Crippen LogP contribution in [0, 0.1) is 0 Å². The number of carboxylic acid groups (broad SMARTS) is 1. The van der Waals surface area contributed by atoms with E-state index in [9.17, 15) is 45.3 Å². The van der Waals surface area contributed by atoms with Gasteiger partial charge in [0, 0.05) is 42.4 Å². The number of phenolic OH excluding ortho intramolecular Hbond substituents is 2. The number of aliphatic hydroxyl groups excluding tert-OH is 4. The lowest BCUT2D eigenvalue weighted by Crippen LogP contribution is -2.60. The molecule has 8 N–H and O–H groups in total. The molecule has 5 rings (SSSR count). The molecule has 42 heavy (non-hydrogen) atoms. The van der Waals surface area contributed by atoms with Crippen molar-refractivity contribution in [3.63, 3.8) is 0 Å². The fourth-order valence-electron chi connectivity index (χ4n) is 5.00. The van der Waals surface area contributed by atoms with E-state index in [1.54, 1.807) is 18.3 Å². The summed E-state index contributed by atoms with van der Waals surface area (Å²) in [7, 11) is 0. The molecule has 1 fully saturated rings. The molecule has 0 radical (unpaired) electrons. The van der Waals surface area contributed by atoms with Crippen LogP contribution in [0.15, 0.2) is 48.9 Å². The molecule has 1 amide bonds. The third kappa shape index (κ3) is 5.66. The molecule has 0 aliphatic carbocycles. The SMILES string of the molecule is O=C(O)[C@H]1Cc2cc(O)c(O[C@@H]3O[C@H](CO)[C@@H](O)[C@H](O)[C@H]3O)cc2N1C(=O)/C=C/c1ccc(O)c(Cc2cnc[nH]2)c1. The van der Waals surface area contributed by atoms with Gasteiger partial charge in [0.15, 0.2) is 11.5 Å². The zero-order valence-corrected chi connectivity index (χ0v) is 21.9. The molecule has 1 saturated heterocycles. The fourth-order valence-corrected chi connectivity index (χ4v) is 5.00. The maximum atomic E-state index is 13.4. The van der Waals surface area contributed by atoms with Crippen LogP contribution < -0.4 is 9.64 Å². The molecule has 3 heterocycles. The second-order valence-electron chi connectivity index (χ2n) is 10.0. The Bertz CT molecular complexity index is 1490. The molecule has 2 aliphatic rings. The summed E-state index contributed by atoms with van der Waals surface area (Å²) in [6.07, 6.45) is -1.93. The molecule has 0 saturated carbocycles. The number of amides is 1. The first-order valence-corrected chi connectivity index (χ1v) is 12.9. The number of phenols is 2. The molecule has 2 aromatic carbocycles. The number of carbonyl (C=O) groups is 2. The zero-order valence-electron chi connectivity index (χ0n) is 21.9. The number of anilines is 1. The molecule has 0 bridgehead atoms. The number of aliphatic carboxylic acids is 1. The Kier molecular flexibility index (Phi) is 8.15. The topological polar surface area (TPSA) is 226 Å². The van der Waals surface area contributed by atoms with Gasteiger partial charge in [-0.2, -0.15) is 0 Å². The van der Waals surface area contributed by atoms with Gasteiger partial charge in [-0.15, -0.1) is 0 Å². The predicted octanol–water partition coefficient (Wildman–Crippen LogP) is -0.354. The molecule has 0 unspecified atom stereocenters. The zero-order chi connectivity index (χ0) is 30.1. The van der Waals surface area contributed by atoms with Gasteiger partial charge in [0.1, 0.15) is 36.2 Å². The summed E-state index contributed by atoms with van der Waals surface area (Å²) in [4.78, 5) is 33.4. The van der Waals surface area contributed by atoms with E-state index in [1.807, 2.05) is 0 Å². The number of benzene rings is 2. The number of ether oxygens (including phenoxy) is 2. The van der Waals surface area contributed by atoms with E-state index in [1.165, 1.54) is 36.7 Å². The van der Waals surface area contributed by atoms with Crippen LogP contribution in [0.5, 0.6) is 17.2 Å². The number of nitrogens with one attached hydrogen (secondary N) is 1. The maximum Gasteiger partial charge on any atom is 0.327 e. The first-order chi connectivity index (χ1) is 20.1. The van der Waals surface area contributed by atoms with Crippen LogP contribution in [0.3, 0.4) is 0 Å². The van der Waals surface area contributed by atoms with Gasteiger partial charge in [0.2, 0.25) is 6.29 Å². The number of imidazole rings is 1. The summed E-state index contributed by atoms with van der Waals surface area (Å²) in [5.74, 6) is -2.66. The van der Waals surface area contributed by atoms with Crippen LogP contribution in [-0.2, 0) is 27.2 Å². The lowest BCUT2D eigenvalue weighted by Gasteiger charge is -2.39. The number of hydrogen-bond donors (Lipinski definition) is 8. The number of hydrogen-bond acceptors (Lipinski definition) is 11. The molecular formula is C28H29N3O11. The van der Waals surface area contributed by atoms with E-state index in [4.69, 9.17) is 9.47 Å². The first kappa shape index (κ1) is 29.0. The number of aromatic nitrogens is 2. The van der Waals surface area contributed by atoms with Gasteiger partial charge in [-0.05, 0) is 35.4 Å². The number of aliphatic hydroxyl groups is 4. The average molecular weight is 584 g/mol. The lowest BCUT2D eigenvalue weighted by atomic mass is 9.99. The Morgan fingerprint density at radius 2 is 1.88 bits per heavy atom. The molecule has 14 heteroatoms. The Hall–Kier alpha value is -4.47. The summed E-state index contributed by atoms with van der Waals surface area (Å²) >= 11 is 0. The standard InChI is InChI=1S/C28H29N3O11/c32-11-22-24(36)25(37)26(38)28(42-22)41-21-9-17-14(8-20(21)34)7-18(27(39)40)31(17)23(35)4-2-13-1-3-19(33)15(5-13)6-16-10-29-12-30-16/h1-5,8-10,12,18,22,24-26,28,32-34,36-38H,6-7,11H2,(H,29,30)(H,39,40)/b4-2+/t18-,22-,24-,25+,26-,28-/m1/s1. The van der Waals surface area contributed by atoms with Gasteiger partial charge in [-0.3, -0.25) is 9.69 Å². The Morgan fingerprint density at radius 1 is 1.10 bits per heavy atom. The fraction of sp³-hybridized carbons (Fsp3) is 0.321. The largest absolute Gasteiger partial charge is 0.508 e. The van der Waals surface area contributed by atoms with Crippen LogP contribution in [-0.4, -0.2) is 101 Å². The van der Waals surface area contributed by atoms with E-state index >= 15 is 0 Å². The minimum Gasteiger partial charge on any atom is -0.508 e. The van der Waals surface area contributed by atoms with Crippen LogP contribution in [0.2, 0.25) is 0 Å². The van der Waals surface area contributed by atoms with Crippen LogP contribution in [0.1, 0.15) is 22.4 Å². The van der Waals surface area contributed by atoms with Gasteiger partial charge in [-0.1, -0.05) is 6.07 Å². The molecule has 1 aromatic heterocycles. The molecule has 6 atom stereocenters.